The number of rotatable bonds is 9. The molecule has 0 saturated carbocycles. The van der Waals surface area contributed by atoms with Crippen molar-refractivity contribution in [2.75, 3.05) is 0 Å². The molecule has 0 bridgehead atoms. The maximum atomic E-state index is 12.9. The molecule has 2 aromatic rings. The summed E-state index contributed by atoms with van der Waals surface area (Å²) in [7, 11) is 0. The molecule has 4 nitrogen and oxygen atoms in total. The second-order valence-electron chi connectivity index (χ2n) is 9.46. The first-order valence-electron chi connectivity index (χ1n) is 11.0. The van der Waals surface area contributed by atoms with Crippen LogP contribution in [0.2, 0.25) is 0 Å². The molecule has 0 aromatic heterocycles. The summed E-state index contributed by atoms with van der Waals surface area (Å²) < 4.78 is 17.8. The highest BCUT2D eigenvalue weighted by Gasteiger charge is 2.24. The summed E-state index contributed by atoms with van der Waals surface area (Å²) in [6, 6.07) is 11.0. The van der Waals surface area contributed by atoms with Gasteiger partial charge in [0.2, 0.25) is 0 Å². The smallest absolute Gasteiger partial charge is 0.185 e. The van der Waals surface area contributed by atoms with Gasteiger partial charge >= 0.3 is 0 Å². The molecule has 0 radical (unpaired) electrons. The summed E-state index contributed by atoms with van der Waals surface area (Å²) in [5.41, 5.74) is 2.28. The van der Waals surface area contributed by atoms with Crippen LogP contribution in [0.5, 0.6) is 17.2 Å². The Morgan fingerprint density at radius 3 is 2.03 bits per heavy atom. The number of ether oxygens (including phenoxy) is 3. The van der Waals surface area contributed by atoms with Crippen molar-refractivity contribution in [3.63, 3.8) is 0 Å². The van der Waals surface area contributed by atoms with Crippen molar-refractivity contribution in [3.05, 3.63) is 71.5 Å². The van der Waals surface area contributed by atoms with E-state index in [-0.39, 0.29) is 23.4 Å². The molecular weight excluding hydrogens is 400 g/mol. The molecule has 0 spiro atoms. The largest absolute Gasteiger partial charge is 0.490 e. The van der Waals surface area contributed by atoms with Crippen molar-refractivity contribution in [1.82, 2.24) is 0 Å². The number of carbonyl (C=O) groups is 1. The molecule has 32 heavy (non-hydrogen) atoms. The standard InChI is InChI=1S/C28H36O4/c1-18(2)30-22-12-10-21(11-13-22)25(29)16-14-23-26(31-19(3)4)17-15-24(28(7,8)9)27(23)32-20(5)6/h10-17,19-20H,1H2,2-9H3/b16-14+. The molecule has 0 aliphatic carbocycles. The van der Waals surface area contributed by atoms with Crippen molar-refractivity contribution in [1.29, 1.82) is 0 Å². The lowest BCUT2D eigenvalue weighted by molar-refractivity contribution is 0.104. The summed E-state index contributed by atoms with van der Waals surface area (Å²) >= 11 is 0. The maximum absolute atomic E-state index is 12.9. The van der Waals surface area contributed by atoms with E-state index in [1.807, 2.05) is 33.8 Å². The van der Waals surface area contributed by atoms with Gasteiger partial charge in [0, 0.05) is 11.1 Å². The number of hydrogen-bond acceptors (Lipinski definition) is 4. The Hall–Kier alpha value is -3.01. The Morgan fingerprint density at radius 2 is 1.53 bits per heavy atom. The van der Waals surface area contributed by atoms with E-state index in [4.69, 9.17) is 14.2 Å². The third-order valence-electron chi connectivity index (χ3n) is 4.51. The summed E-state index contributed by atoms with van der Waals surface area (Å²) in [4.78, 5) is 12.9. The molecule has 0 saturated heterocycles. The minimum Gasteiger partial charge on any atom is -0.490 e. The minimum atomic E-state index is -0.133. The van der Waals surface area contributed by atoms with Gasteiger partial charge in [-0.25, -0.2) is 0 Å². The van der Waals surface area contributed by atoms with Crippen LogP contribution in [0.25, 0.3) is 6.08 Å². The van der Waals surface area contributed by atoms with Gasteiger partial charge in [0.15, 0.2) is 5.78 Å². The molecule has 0 unspecified atom stereocenters. The molecule has 0 amide bonds. The van der Waals surface area contributed by atoms with Gasteiger partial charge in [0.1, 0.15) is 17.2 Å². The van der Waals surface area contributed by atoms with Crippen LogP contribution in [-0.2, 0) is 5.41 Å². The normalized spacial score (nSPS) is 11.8. The van der Waals surface area contributed by atoms with E-state index in [2.05, 4.69) is 33.4 Å². The lowest BCUT2D eigenvalue weighted by Crippen LogP contribution is -2.18. The van der Waals surface area contributed by atoms with Crippen LogP contribution < -0.4 is 14.2 Å². The Balaban J connectivity index is 2.49. The third kappa shape index (κ3) is 7.01. The van der Waals surface area contributed by atoms with E-state index in [1.54, 1.807) is 43.3 Å². The highest BCUT2D eigenvalue weighted by molar-refractivity contribution is 6.07. The second-order valence-corrected chi connectivity index (χ2v) is 9.46. The van der Waals surface area contributed by atoms with Crippen LogP contribution in [-0.4, -0.2) is 18.0 Å². The van der Waals surface area contributed by atoms with Crippen LogP contribution in [0.3, 0.4) is 0 Å². The molecule has 0 atom stereocenters. The number of allylic oxidation sites excluding steroid dienone is 2. The molecule has 2 rings (SSSR count). The fourth-order valence-electron chi connectivity index (χ4n) is 3.19. The van der Waals surface area contributed by atoms with E-state index in [1.165, 1.54) is 0 Å². The Bertz CT molecular complexity index is 974. The van der Waals surface area contributed by atoms with E-state index in [9.17, 15) is 4.79 Å². The SMILES string of the molecule is C=C(C)Oc1ccc(C(=O)/C=C/c2c(OC(C)C)ccc(C(C)(C)C)c2OC(C)C)cc1. The Kier molecular flexibility index (Phi) is 8.31. The van der Waals surface area contributed by atoms with Crippen molar-refractivity contribution >= 4 is 11.9 Å². The predicted molar refractivity (Wildman–Crippen MR) is 132 cm³/mol. The van der Waals surface area contributed by atoms with Crippen molar-refractivity contribution < 1.29 is 19.0 Å². The van der Waals surface area contributed by atoms with E-state index < -0.39 is 0 Å². The van der Waals surface area contributed by atoms with Crippen molar-refractivity contribution in [2.45, 2.75) is 73.0 Å². The monoisotopic (exact) mass is 436 g/mol. The van der Waals surface area contributed by atoms with Crippen LogP contribution in [0.1, 0.15) is 76.9 Å². The van der Waals surface area contributed by atoms with Crippen LogP contribution in [0.15, 0.2) is 54.8 Å². The van der Waals surface area contributed by atoms with Gasteiger partial charge in [-0.1, -0.05) is 33.4 Å². The molecule has 0 aliphatic rings. The van der Waals surface area contributed by atoms with E-state index >= 15 is 0 Å². The summed E-state index contributed by atoms with van der Waals surface area (Å²) in [5.74, 6) is 2.58. The van der Waals surface area contributed by atoms with Crippen LogP contribution in [0, 0.1) is 0 Å². The number of carbonyl (C=O) groups excluding carboxylic acids is 1. The molecule has 4 heteroatoms. The van der Waals surface area contributed by atoms with Gasteiger partial charge in [0.05, 0.1) is 23.5 Å². The highest BCUT2D eigenvalue weighted by Crippen LogP contribution is 2.40. The van der Waals surface area contributed by atoms with Gasteiger partial charge in [-0.2, -0.15) is 0 Å². The summed E-state index contributed by atoms with van der Waals surface area (Å²) in [5, 5.41) is 0. The van der Waals surface area contributed by atoms with E-state index in [0.29, 0.717) is 22.8 Å². The fourth-order valence-corrected chi connectivity index (χ4v) is 3.19. The van der Waals surface area contributed by atoms with Crippen molar-refractivity contribution in [3.8, 4) is 17.2 Å². The lowest BCUT2D eigenvalue weighted by atomic mass is 9.84. The Labute approximate surface area is 192 Å². The zero-order valence-corrected chi connectivity index (χ0v) is 20.6. The first-order valence-corrected chi connectivity index (χ1v) is 11.0. The maximum Gasteiger partial charge on any atom is 0.185 e. The van der Waals surface area contributed by atoms with Gasteiger partial charge in [-0.3, -0.25) is 4.79 Å². The number of ketones is 1. The molecule has 2 aromatic carbocycles. The molecule has 0 aliphatic heterocycles. The molecule has 0 fully saturated rings. The zero-order valence-electron chi connectivity index (χ0n) is 20.6. The first kappa shape index (κ1) is 25.3. The zero-order chi connectivity index (χ0) is 24.1. The average Bonchev–Trinajstić information content (AvgIpc) is 2.65. The van der Waals surface area contributed by atoms with Gasteiger partial charge < -0.3 is 14.2 Å². The summed E-state index contributed by atoms with van der Waals surface area (Å²) in [6.07, 6.45) is 3.34. The quantitative estimate of drug-likeness (QED) is 0.234. The number of hydrogen-bond donors (Lipinski definition) is 0. The van der Waals surface area contributed by atoms with Crippen LogP contribution >= 0.6 is 0 Å². The topological polar surface area (TPSA) is 44.8 Å². The Morgan fingerprint density at radius 1 is 0.938 bits per heavy atom. The molecule has 0 heterocycles. The first-order chi connectivity index (χ1) is 14.9. The van der Waals surface area contributed by atoms with Crippen LogP contribution in [0.4, 0.5) is 0 Å². The highest BCUT2D eigenvalue weighted by atomic mass is 16.5. The molecule has 0 N–H and O–H groups in total. The number of benzene rings is 2. The second kappa shape index (κ2) is 10.5. The predicted octanol–water partition coefficient (Wildman–Crippen LogP) is 7.37. The van der Waals surface area contributed by atoms with Crippen molar-refractivity contribution in [2.24, 2.45) is 0 Å². The lowest BCUT2D eigenvalue weighted by Gasteiger charge is -2.27. The molecule has 172 valence electrons. The van der Waals surface area contributed by atoms with Gasteiger partial charge in [-0.15, -0.1) is 0 Å². The van der Waals surface area contributed by atoms with E-state index in [0.717, 1.165) is 16.9 Å². The fraction of sp³-hybridized carbons (Fsp3) is 0.393. The van der Waals surface area contributed by atoms with Gasteiger partial charge in [-0.05, 0) is 82.5 Å². The molecular formula is C28H36O4. The van der Waals surface area contributed by atoms with Gasteiger partial charge in [0.25, 0.3) is 0 Å². The average molecular weight is 437 g/mol. The summed E-state index contributed by atoms with van der Waals surface area (Å²) in [6.45, 7) is 19.9. The minimum absolute atomic E-state index is 0.00824. The third-order valence-corrected chi connectivity index (χ3v) is 4.51.